The fraction of sp³-hybridized carbons (Fsp3) is 0.318. The highest BCUT2D eigenvalue weighted by molar-refractivity contribution is 5.81. The van der Waals surface area contributed by atoms with E-state index in [0.717, 1.165) is 28.9 Å². The summed E-state index contributed by atoms with van der Waals surface area (Å²) in [4.78, 5) is 38.4. The second-order valence-corrected chi connectivity index (χ2v) is 7.56. The highest BCUT2D eigenvalue weighted by Crippen LogP contribution is 2.24. The molecule has 9 nitrogen and oxygen atoms in total. The van der Waals surface area contributed by atoms with Gasteiger partial charge in [-0.15, -0.1) is 0 Å². The number of nitrogens with one attached hydrogen (secondary N) is 2. The molecule has 1 atom stereocenters. The minimum atomic E-state index is -0.550. The summed E-state index contributed by atoms with van der Waals surface area (Å²) in [7, 11) is 0. The van der Waals surface area contributed by atoms with Gasteiger partial charge in [-0.3, -0.25) is 19.1 Å². The molecule has 4 heterocycles. The Morgan fingerprint density at radius 3 is 2.94 bits per heavy atom. The van der Waals surface area contributed by atoms with Crippen LogP contribution in [0, 0.1) is 6.92 Å². The summed E-state index contributed by atoms with van der Waals surface area (Å²) < 4.78 is 1.56. The van der Waals surface area contributed by atoms with E-state index in [1.165, 1.54) is 0 Å². The first-order chi connectivity index (χ1) is 15.0. The molecule has 4 rings (SSSR count). The van der Waals surface area contributed by atoms with Crippen LogP contribution >= 0.6 is 0 Å². The average Bonchev–Trinajstić information content (AvgIpc) is 3.20. The lowest BCUT2D eigenvalue weighted by molar-refractivity contribution is -0.124. The van der Waals surface area contributed by atoms with Crippen LogP contribution in [0.3, 0.4) is 0 Å². The van der Waals surface area contributed by atoms with Gasteiger partial charge in [-0.1, -0.05) is 12.1 Å². The van der Waals surface area contributed by atoms with Gasteiger partial charge in [0, 0.05) is 43.1 Å². The molecule has 4 N–H and O–H groups in total. The van der Waals surface area contributed by atoms with Gasteiger partial charge in [0.2, 0.25) is 5.91 Å². The van der Waals surface area contributed by atoms with Crippen molar-refractivity contribution in [2.75, 3.05) is 17.6 Å². The highest BCUT2D eigenvalue weighted by atomic mass is 16.2. The molecular formula is C22H25N7O2. The van der Waals surface area contributed by atoms with Crippen LogP contribution in [0.2, 0.25) is 0 Å². The largest absolute Gasteiger partial charge is 0.384 e. The molecule has 3 aromatic rings. The molecule has 9 heteroatoms. The molecule has 0 aromatic carbocycles. The first-order valence-electron chi connectivity index (χ1n) is 10.3. The number of hydrogen-bond donors (Lipinski definition) is 3. The molecule has 1 amide bonds. The first-order valence-corrected chi connectivity index (χ1v) is 10.3. The third-order valence-electron chi connectivity index (χ3n) is 5.46. The fourth-order valence-electron chi connectivity index (χ4n) is 3.78. The van der Waals surface area contributed by atoms with Gasteiger partial charge < -0.3 is 16.4 Å². The quantitative estimate of drug-likeness (QED) is 0.528. The molecule has 31 heavy (non-hydrogen) atoms. The molecule has 0 saturated heterocycles. The Balaban J connectivity index is 1.43. The van der Waals surface area contributed by atoms with E-state index in [9.17, 15) is 9.59 Å². The van der Waals surface area contributed by atoms with Gasteiger partial charge in [-0.25, -0.2) is 9.97 Å². The van der Waals surface area contributed by atoms with Gasteiger partial charge in [-0.05, 0) is 49.4 Å². The number of aromatic nitrogens is 4. The zero-order chi connectivity index (χ0) is 21.8. The topological polar surface area (TPSA) is 128 Å². The van der Waals surface area contributed by atoms with Crippen LogP contribution in [0.25, 0.3) is 0 Å². The van der Waals surface area contributed by atoms with E-state index in [-0.39, 0.29) is 17.3 Å². The molecule has 1 aliphatic rings. The predicted octanol–water partition coefficient (Wildman–Crippen LogP) is 1.38. The minimum Gasteiger partial charge on any atom is -0.384 e. The fourth-order valence-corrected chi connectivity index (χ4v) is 3.78. The van der Waals surface area contributed by atoms with E-state index in [2.05, 4.69) is 25.6 Å². The summed E-state index contributed by atoms with van der Waals surface area (Å²) in [5.41, 5.74) is 8.91. The van der Waals surface area contributed by atoms with Gasteiger partial charge in [0.05, 0.1) is 0 Å². The lowest BCUT2D eigenvalue weighted by Gasteiger charge is -2.16. The van der Waals surface area contributed by atoms with Gasteiger partial charge in [0.1, 0.15) is 11.9 Å². The monoisotopic (exact) mass is 419 g/mol. The standard InChI is InChI=1S/C22H25N7O2/c1-14-16(4-7-19(23)28-14)12-27-21(30)18-6-5-17-13-26-20(22(31)29(17)18)25-10-8-15-3-2-9-24-11-15/h2-4,7,9,11,13,18H,5-6,8,10,12H2,1H3,(H2,23,28)(H,25,26)(H,27,30)/t18-/m0/s1. The zero-order valence-electron chi connectivity index (χ0n) is 17.3. The molecule has 0 spiro atoms. The molecule has 1 aliphatic heterocycles. The lowest BCUT2D eigenvalue weighted by atomic mass is 10.1. The Morgan fingerprint density at radius 1 is 1.29 bits per heavy atom. The third-order valence-corrected chi connectivity index (χ3v) is 5.46. The maximum Gasteiger partial charge on any atom is 0.294 e. The first kappa shape index (κ1) is 20.5. The molecule has 0 aliphatic carbocycles. The van der Waals surface area contributed by atoms with E-state index >= 15 is 0 Å². The molecule has 0 radical (unpaired) electrons. The number of nitrogen functional groups attached to an aromatic ring is 1. The average molecular weight is 419 g/mol. The normalized spacial score (nSPS) is 14.8. The Labute approximate surface area is 179 Å². The van der Waals surface area contributed by atoms with Crippen molar-refractivity contribution in [3.63, 3.8) is 0 Å². The SMILES string of the molecule is Cc1nc(N)ccc1CNC(=O)[C@@H]1CCc2cnc(NCCc3cccnc3)c(=O)n21. The second kappa shape index (κ2) is 8.95. The van der Waals surface area contributed by atoms with Crippen LogP contribution < -0.4 is 21.9 Å². The van der Waals surface area contributed by atoms with Crippen molar-refractivity contribution in [1.29, 1.82) is 0 Å². The lowest BCUT2D eigenvalue weighted by Crippen LogP contribution is -2.36. The maximum absolute atomic E-state index is 13.0. The van der Waals surface area contributed by atoms with Crippen LogP contribution in [0.4, 0.5) is 11.6 Å². The second-order valence-electron chi connectivity index (χ2n) is 7.56. The van der Waals surface area contributed by atoms with Gasteiger partial charge in [0.25, 0.3) is 5.56 Å². The zero-order valence-corrected chi connectivity index (χ0v) is 17.3. The van der Waals surface area contributed by atoms with E-state index in [1.54, 1.807) is 29.2 Å². The molecule has 160 valence electrons. The summed E-state index contributed by atoms with van der Waals surface area (Å²) >= 11 is 0. The molecular weight excluding hydrogens is 394 g/mol. The maximum atomic E-state index is 13.0. The number of nitrogens with two attached hydrogens (primary N) is 1. The summed E-state index contributed by atoms with van der Waals surface area (Å²) in [5.74, 6) is 0.510. The number of amides is 1. The molecule has 0 fully saturated rings. The van der Waals surface area contributed by atoms with Crippen molar-refractivity contribution >= 4 is 17.5 Å². The summed E-state index contributed by atoms with van der Waals surface area (Å²) in [6, 6.07) is 6.87. The van der Waals surface area contributed by atoms with Gasteiger partial charge in [-0.2, -0.15) is 0 Å². The number of hydrogen-bond acceptors (Lipinski definition) is 7. The summed E-state index contributed by atoms with van der Waals surface area (Å²) in [5, 5.41) is 6.02. The van der Waals surface area contributed by atoms with Crippen LogP contribution in [-0.4, -0.2) is 32.0 Å². The Hall–Kier alpha value is -3.75. The molecule has 0 saturated carbocycles. The smallest absolute Gasteiger partial charge is 0.294 e. The van der Waals surface area contributed by atoms with Crippen molar-refractivity contribution in [3.8, 4) is 0 Å². The number of pyridine rings is 2. The number of carbonyl (C=O) groups is 1. The van der Waals surface area contributed by atoms with E-state index in [1.807, 2.05) is 25.1 Å². The molecule has 0 unspecified atom stereocenters. The molecule has 3 aromatic heterocycles. The number of anilines is 2. The number of carbonyl (C=O) groups excluding carboxylic acids is 1. The van der Waals surface area contributed by atoms with Crippen molar-refractivity contribution in [2.45, 2.75) is 38.8 Å². The van der Waals surface area contributed by atoms with E-state index < -0.39 is 6.04 Å². The van der Waals surface area contributed by atoms with Gasteiger partial charge in [0.15, 0.2) is 5.82 Å². The van der Waals surface area contributed by atoms with E-state index in [4.69, 9.17) is 5.73 Å². The summed E-state index contributed by atoms with van der Waals surface area (Å²) in [6.07, 6.45) is 7.12. The van der Waals surface area contributed by atoms with Crippen molar-refractivity contribution in [1.82, 2.24) is 24.8 Å². The number of rotatable bonds is 7. The van der Waals surface area contributed by atoms with Crippen molar-refractivity contribution in [3.05, 3.63) is 75.7 Å². The van der Waals surface area contributed by atoms with Crippen LogP contribution in [0.15, 0.2) is 47.7 Å². The number of aryl methyl sites for hydroxylation is 2. The van der Waals surface area contributed by atoms with Crippen LogP contribution in [-0.2, 0) is 24.2 Å². The van der Waals surface area contributed by atoms with Crippen LogP contribution in [0.1, 0.15) is 35.0 Å². The summed E-state index contributed by atoms with van der Waals surface area (Å²) in [6.45, 7) is 2.73. The Bertz CT molecular complexity index is 1140. The molecule has 0 bridgehead atoms. The van der Waals surface area contributed by atoms with Crippen molar-refractivity contribution in [2.24, 2.45) is 0 Å². The Morgan fingerprint density at radius 2 is 2.16 bits per heavy atom. The third kappa shape index (κ3) is 4.55. The minimum absolute atomic E-state index is 0.190. The highest BCUT2D eigenvalue weighted by Gasteiger charge is 2.30. The predicted molar refractivity (Wildman–Crippen MR) is 118 cm³/mol. The van der Waals surface area contributed by atoms with Gasteiger partial charge >= 0.3 is 0 Å². The Kier molecular flexibility index (Phi) is 5.92. The number of nitrogens with zero attached hydrogens (tertiary/aromatic N) is 4. The number of fused-ring (bicyclic) bond motifs is 1. The van der Waals surface area contributed by atoms with E-state index in [0.29, 0.717) is 31.7 Å². The van der Waals surface area contributed by atoms with Crippen molar-refractivity contribution < 1.29 is 4.79 Å². The van der Waals surface area contributed by atoms with Crippen LogP contribution in [0.5, 0.6) is 0 Å².